The van der Waals surface area contributed by atoms with Gasteiger partial charge in [-0.1, -0.05) is 6.92 Å². The van der Waals surface area contributed by atoms with Gasteiger partial charge < -0.3 is 5.32 Å². The zero-order chi connectivity index (χ0) is 16.0. The van der Waals surface area contributed by atoms with Gasteiger partial charge in [-0.25, -0.2) is 0 Å². The van der Waals surface area contributed by atoms with E-state index in [1.54, 1.807) is 0 Å². The molecular weight excluding hydrogens is 286 g/mol. The molecule has 23 heavy (non-hydrogen) atoms. The van der Waals surface area contributed by atoms with Crippen molar-refractivity contribution < 1.29 is 4.79 Å². The number of rotatable bonds is 5. The van der Waals surface area contributed by atoms with Crippen LogP contribution in [0.25, 0.3) is 0 Å². The van der Waals surface area contributed by atoms with Crippen LogP contribution >= 0.6 is 0 Å². The van der Waals surface area contributed by atoms with Crippen molar-refractivity contribution in [3.8, 4) is 0 Å². The summed E-state index contributed by atoms with van der Waals surface area (Å²) in [7, 11) is 0. The maximum Gasteiger partial charge on any atom is 0.272 e. The highest BCUT2D eigenvalue weighted by molar-refractivity contribution is 5.92. The predicted molar refractivity (Wildman–Crippen MR) is 90.1 cm³/mol. The lowest BCUT2D eigenvalue weighted by Crippen LogP contribution is -2.56. The third kappa shape index (κ3) is 2.60. The standard InChI is InChI=1S/C19H29N3O/c1-3-17(20-18(23)16-5-6-22(4-2)21-16)19-10-13-7-14(11-19)9-15(8-13)12-19/h5-6,13-15,17H,3-4,7-12H2,1-2H3,(H,20,23)/t13?,14?,15?,17-,19?/m0/s1. The average molecular weight is 315 g/mol. The van der Waals surface area contributed by atoms with Gasteiger partial charge in [0, 0.05) is 18.8 Å². The van der Waals surface area contributed by atoms with Gasteiger partial charge in [-0.05, 0) is 81.1 Å². The first-order valence-electron chi connectivity index (χ1n) is 9.46. The molecule has 0 aromatic carbocycles. The molecule has 0 radical (unpaired) electrons. The number of aromatic nitrogens is 2. The minimum atomic E-state index is 0.0137. The van der Waals surface area contributed by atoms with Crippen LogP contribution in [0.4, 0.5) is 0 Å². The van der Waals surface area contributed by atoms with Gasteiger partial charge in [0.05, 0.1) is 0 Å². The highest BCUT2D eigenvalue weighted by Gasteiger charge is 2.54. The SMILES string of the molecule is CC[C@H](NC(=O)c1ccn(CC)n1)C12CC3CC(CC(C3)C1)C2. The van der Waals surface area contributed by atoms with E-state index in [0.29, 0.717) is 17.2 Å². The van der Waals surface area contributed by atoms with Crippen molar-refractivity contribution in [2.75, 3.05) is 0 Å². The van der Waals surface area contributed by atoms with Gasteiger partial charge in [-0.3, -0.25) is 9.48 Å². The normalized spacial score (nSPS) is 36.2. The monoisotopic (exact) mass is 315 g/mol. The van der Waals surface area contributed by atoms with Gasteiger partial charge in [0.25, 0.3) is 5.91 Å². The zero-order valence-electron chi connectivity index (χ0n) is 14.4. The summed E-state index contributed by atoms with van der Waals surface area (Å²) >= 11 is 0. The lowest BCUT2D eigenvalue weighted by Gasteiger charge is -2.59. The van der Waals surface area contributed by atoms with Gasteiger partial charge in [0.1, 0.15) is 5.69 Å². The fourth-order valence-corrected chi connectivity index (χ4v) is 6.18. The topological polar surface area (TPSA) is 46.9 Å². The summed E-state index contributed by atoms with van der Waals surface area (Å²) in [5.74, 6) is 2.78. The molecule has 1 aromatic rings. The van der Waals surface area contributed by atoms with Crippen molar-refractivity contribution >= 4 is 5.91 Å². The Kier molecular flexibility index (Phi) is 3.73. The molecule has 4 aliphatic rings. The second-order valence-corrected chi connectivity index (χ2v) is 8.27. The number of carbonyl (C=O) groups is 1. The Hall–Kier alpha value is -1.32. The Morgan fingerprint density at radius 2 is 1.87 bits per heavy atom. The van der Waals surface area contributed by atoms with E-state index in [9.17, 15) is 4.79 Å². The van der Waals surface area contributed by atoms with Gasteiger partial charge in [-0.2, -0.15) is 5.10 Å². The second kappa shape index (κ2) is 5.64. The largest absolute Gasteiger partial charge is 0.347 e. The average Bonchev–Trinajstić information content (AvgIpc) is 3.00. The Labute approximate surface area is 139 Å². The molecule has 0 aliphatic heterocycles. The van der Waals surface area contributed by atoms with Crippen molar-refractivity contribution in [1.82, 2.24) is 15.1 Å². The molecule has 0 unspecified atom stereocenters. The third-order valence-electron chi connectivity index (χ3n) is 6.74. The predicted octanol–water partition coefficient (Wildman–Crippen LogP) is 3.63. The minimum Gasteiger partial charge on any atom is -0.347 e. The van der Waals surface area contributed by atoms with Crippen LogP contribution in [0, 0.1) is 23.2 Å². The summed E-state index contributed by atoms with van der Waals surface area (Å²) in [6, 6.07) is 2.15. The minimum absolute atomic E-state index is 0.0137. The first-order valence-corrected chi connectivity index (χ1v) is 9.46. The van der Waals surface area contributed by atoms with Crippen molar-refractivity contribution in [1.29, 1.82) is 0 Å². The molecule has 5 rings (SSSR count). The summed E-state index contributed by atoms with van der Waals surface area (Å²) in [6.45, 7) is 5.08. The first-order chi connectivity index (χ1) is 11.1. The van der Waals surface area contributed by atoms with E-state index in [4.69, 9.17) is 0 Å². The summed E-state index contributed by atoms with van der Waals surface area (Å²) in [5.41, 5.74) is 0.932. The van der Waals surface area contributed by atoms with Crippen LogP contribution in [0.1, 0.15) is 69.3 Å². The molecule has 0 spiro atoms. The maximum atomic E-state index is 12.6. The second-order valence-electron chi connectivity index (χ2n) is 8.27. The number of aryl methyl sites for hydroxylation is 1. The van der Waals surface area contributed by atoms with E-state index < -0.39 is 0 Å². The van der Waals surface area contributed by atoms with Crippen LogP contribution in [0.3, 0.4) is 0 Å². The molecular formula is C19H29N3O. The molecule has 4 saturated carbocycles. The molecule has 1 N–H and O–H groups in total. The van der Waals surface area contributed by atoms with E-state index in [1.165, 1.54) is 38.5 Å². The fourth-order valence-electron chi connectivity index (χ4n) is 6.18. The highest BCUT2D eigenvalue weighted by Crippen LogP contribution is 2.61. The number of hydrogen-bond donors (Lipinski definition) is 1. The maximum absolute atomic E-state index is 12.6. The Balaban J connectivity index is 1.51. The number of nitrogens with one attached hydrogen (secondary N) is 1. The molecule has 4 bridgehead atoms. The summed E-state index contributed by atoms with van der Waals surface area (Å²) < 4.78 is 1.82. The summed E-state index contributed by atoms with van der Waals surface area (Å²) in [6.07, 6.45) is 11.3. The molecule has 4 nitrogen and oxygen atoms in total. The van der Waals surface area contributed by atoms with E-state index in [0.717, 1.165) is 30.7 Å². The quantitative estimate of drug-likeness (QED) is 0.902. The molecule has 4 heteroatoms. The van der Waals surface area contributed by atoms with E-state index in [2.05, 4.69) is 17.3 Å². The third-order valence-corrected chi connectivity index (χ3v) is 6.74. The van der Waals surface area contributed by atoms with Gasteiger partial charge in [0.2, 0.25) is 0 Å². The Morgan fingerprint density at radius 3 is 2.35 bits per heavy atom. The molecule has 1 amide bonds. The smallest absolute Gasteiger partial charge is 0.272 e. The molecule has 126 valence electrons. The van der Waals surface area contributed by atoms with E-state index in [-0.39, 0.29) is 5.91 Å². The molecule has 1 aromatic heterocycles. The molecule has 1 heterocycles. The van der Waals surface area contributed by atoms with Crippen LogP contribution in [-0.2, 0) is 6.54 Å². The first kappa shape index (κ1) is 15.2. The van der Waals surface area contributed by atoms with Crippen molar-refractivity contribution in [3.63, 3.8) is 0 Å². The number of nitrogens with zero attached hydrogens (tertiary/aromatic N) is 2. The molecule has 4 aliphatic carbocycles. The van der Waals surface area contributed by atoms with Crippen molar-refractivity contribution in [2.45, 2.75) is 71.4 Å². The summed E-state index contributed by atoms with van der Waals surface area (Å²) in [5, 5.41) is 7.73. The van der Waals surface area contributed by atoms with E-state index >= 15 is 0 Å². The number of amides is 1. The van der Waals surface area contributed by atoms with Crippen LogP contribution in [0.5, 0.6) is 0 Å². The van der Waals surface area contributed by atoms with Crippen molar-refractivity contribution in [3.05, 3.63) is 18.0 Å². The lowest BCUT2D eigenvalue weighted by atomic mass is 9.47. The molecule has 0 saturated heterocycles. The Morgan fingerprint density at radius 1 is 1.26 bits per heavy atom. The van der Waals surface area contributed by atoms with Crippen LogP contribution < -0.4 is 5.32 Å². The van der Waals surface area contributed by atoms with Gasteiger partial charge in [-0.15, -0.1) is 0 Å². The molecule has 4 fully saturated rings. The van der Waals surface area contributed by atoms with Crippen LogP contribution in [-0.4, -0.2) is 21.7 Å². The van der Waals surface area contributed by atoms with E-state index in [1.807, 2.05) is 23.9 Å². The number of hydrogen-bond acceptors (Lipinski definition) is 2. The fraction of sp³-hybridized carbons (Fsp3) is 0.789. The zero-order valence-corrected chi connectivity index (χ0v) is 14.4. The van der Waals surface area contributed by atoms with Crippen LogP contribution in [0.15, 0.2) is 12.3 Å². The molecule has 1 atom stereocenters. The lowest BCUT2D eigenvalue weighted by molar-refractivity contribution is -0.0727. The van der Waals surface area contributed by atoms with Gasteiger partial charge in [0.15, 0.2) is 0 Å². The Bertz CT molecular complexity index is 556. The van der Waals surface area contributed by atoms with Gasteiger partial charge >= 0.3 is 0 Å². The van der Waals surface area contributed by atoms with Crippen LogP contribution in [0.2, 0.25) is 0 Å². The van der Waals surface area contributed by atoms with Crippen molar-refractivity contribution in [2.24, 2.45) is 23.2 Å². The summed E-state index contributed by atoms with van der Waals surface area (Å²) in [4.78, 5) is 12.6. The highest BCUT2D eigenvalue weighted by atomic mass is 16.2. The number of carbonyl (C=O) groups excluding carboxylic acids is 1.